The number of carbonyl (C=O) groups is 1. The van der Waals surface area contributed by atoms with Gasteiger partial charge in [-0.25, -0.2) is 0 Å². The van der Waals surface area contributed by atoms with Crippen molar-refractivity contribution in [1.29, 1.82) is 0 Å². The molecular formula is C23H31NO3. The zero-order valence-corrected chi connectivity index (χ0v) is 16.9. The normalized spacial score (nSPS) is 11.7. The molecule has 0 aromatic heterocycles. The van der Waals surface area contributed by atoms with E-state index in [1.165, 1.54) is 5.56 Å². The van der Waals surface area contributed by atoms with E-state index in [9.17, 15) is 4.79 Å². The van der Waals surface area contributed by atoms with Gasteiger partial charge in [0.25, 0.3) is 5.91 Å². The summed E-state index contributed by atoms with van der Waals surface area (Å²) in [6, 6.07) is 14.1. The summed E-state index contributed by atoms with van der Waals surface area (Å²) in [5, 5.41) is 3.00. The van der Waals surface area contributed by atoms with Gasteiger partial charge in [-0.2, -0.15) is 0 Å². The molecule has 146 valence electrons. The van der Waals surface area contributed by atoms with E-state index in [-0.39, 0.29) is 5.91 Å². The van der Waals surface area contributed by atoms with Gasteiger partial charge in [0.1, 0.15) is 11.5 Å². The molecule has 27 heavy (non-hydrogen) atoms. The van der Waals surface area contributed by atoms with E-state index in [0.29, 0.717) is 19.6 Å². The van der Waals surface area contributed by atoms with E-state index < -0.39 is 6.10 Å². The van der Waals surface area contributed by atoms with E-state index in [1.54, 1.807) is 0 Å². The number of para-hydroxylation sites is 1. The number of hydrogen-bond acceptors (Lipinski definition) is 3. The third-order valence-corrected chi connectivity index (χ3v) is 4.33. The molecule has 0 saturated carbocycles. The number of carbonyl (C=O) groups excluding carboxylic acids is 1. The van der Waals surface area contributed by atoms with Crippen molar-refractivity contribution in [2.24, 2.45) is 0 Å². The molecule has 4 heteroatoms. The Morgan fingerprint density at radius 3 is 2.44 bits per heavy atom. The number of aryl methyl sites for hydroxylation is 3. The highest BCUT2D eigenvalue weighted by molar-refractivity contribution is 5.81. The first-order valence-corrected chi connectivity index (χ1v) is 9.76. The molecule has 1 atom stereocenters. The van der Waals surface area contributed by atoms with Crippen LogP contribution < -0.4 is 14.8 Å². The minimum atomic E-state index is -0.470. The van der Waals surface area contributed by atoms with Crippen LogP contribution in [0.2, 0.25) is 0 Å². The second-order valence-electron chi connectivity index (χ2n) is 6.77. The average molecular weight is 370 g/mol. The molecule has 0 spiro atoms. The number of amides is 1. The van der Waals surface area contributed by atoms with E-state index >= 15 is 0 Å². The van der Waals surface area contributed by atoms with Crippen molar-refractivity contribution in [3.63, 3.8) is 0 Å². The molecular weight excluding hydrogens is 338 g/mol. The van der Waals surface area contributed by atoms with Crippen LogP contribution in [0.5, 0.6) is 11.5 Å². The van der Waals surface area contributed by atoms with E-state index in [1.807, 2.05) is 58.0 Å². The number of nitrogens with one attached hydrogen (secondary N) is 1. The Kier molecular flexibility index (Phi) is 8.18. The lowest BCUT2D eigenvalue weighted by molar-refractivity contribution is -0.128. The van der Waals surface area contributed by atoms with Crippen molar-refractivity contribution in [2.75, 3.05) is 13.2 Å². The van der Waals surface area contributed by atoms with Crippen molar-refractivity contribution in [3.8, 4) is 11.5 Å². The molecule has 0 saturated heterocycles. The van der Waals surface area contributed by atoms with Crippen molar-refractivity contribution < 1.29 is 14.3 Å². The van der Waals surface area contributed by atoms with Gasteiger partial charge in [0.15, 0.2) is 6.10 Å². The van der Waals surface area contributed by atoms with Crippen LogP contribution in [-0.2, 0) is 11.2 Å². The largest absolute Gasteiger partial charge is 0.494 e. The first kappa shape index (κ1) is 20.8. The highest BCUT2D eigenvalue weighted by Gasteiger charge is 2.18. The summed E-state index contributed by atoms with van der Waals surface area (Å²) in [5.41, 5.74) is 3.44. The van der Waals surface area contributed by atoms with E-state index in [2.05, 4.69) is 17.4 Å². The third kappa shape index (κ3) is 6.63. The van der Waals surface area contributed by atoms with Gasteiger partial charge in [-0.1, -0.05) is 31.2 Å². The topological polar surface area (TPSA) is 47.6 Å². The number of hydrogen-bond donors (Lipinski definition) is 1. The summed E-state index contributed by atoms with van der Waals surface area (Å²) in [6.45, 7) is 9.28. The maximum atomic E-state index is 12.5. The molecule has 2 aromatic rings. The summed E-state index contributed by atoms with van der Waals surface area (Å²) in [4.78, 5) is 12.5. The van der Waals surface area contributed by atoms with Gasteiger partial charge in [0.05, 0.1) is 6.61 Å². The maximum absolute atomic E-state index is 12.5. The van der Waals surface area contributed by atoms with Gasteiger partial charge in [-0.05, 0) is 74.9 Å². The molecule has 0 fully saturated rings. The van der Waals surface area contributed by atoms with Crippen molar-refractivity contribution >= 4 is 5.91 Å². The quantitative estimate of drug-likeness (QED) is 0.622. The lowest BCUT2D eigenvalue weighted by atomic mass is 10.1. The Balaban J connectivity index is 1.83. The Labute approximate surface area is 162 Å². The number of rotatable bonds is 10. The Morgan fingerprint density at radius 2 is 1.78 bits per heavy atom. The molecule has 0 heterocycles. The number of benzene rings is 2. The fraction of sp³-hybridized carbons (Fsp3) is 0.435. The average Bonchev–Trinajstić information content (AvgIpc) is 2.63. The highest BCUT2D eigenvalue weighted by Crippen LogP contribution is 2.20. The molecule has 0 aliphatic rings. The van der Waals surface area contributed by atoms with Gasteiger partial charge in [-0.15, -0.1) is 0 Å². The van der Waals surface area contributed by atoms with E-state index in [4.69, 9.17) is 9.47 Å². The Hall–Kier alpha value is -2.49. The smallest absolute Gasteiger partial charge is 0.261 e. The van der Waals surface area contributed by atoms with Crippen LogP contribution in [0.15, 0.2) is 42.5 Å². The Morgan fingerprint density at radius 1 is 1.07 bits per heavy atom. The highest BCUT2D eigenvalue weighted by atomic mass is 16.5. The molecule has 1 N–H and O–H groups in total. The Bertz CT molecular complexity index is 722. The third-order valence-electron chi connectivity index (χ3n) is 4.33. The van der Waals surface area contributed by atoms with Crippen LogP contribution in [0.3, 0.4) is 0 Å². The summed E-state index contributed by atoms with van der Waals surface area (Å²) in [5.74, 6) is 1.62. The first-order chi connectivity index (χ1) is 13.0. The maximum Gasteiger partial charge on any atom is 0.261 e. The predicted molar refractivity (Wildman–Crippen MR) is 110 cm³/mol. The van der Waals surface area contributed by atoms with Crippen LogP contribution in [0, 0.1) is 13.8 Å². The van der Waals surface area contributed by atoms with Crippen molar-refractivity contribution in [2.45, 2.75) is 53.1 Å². The van der Waals surface area contributed by atoms with Crippen molar-refractivity contribution in [3.05, 3.63) is 59.2 Å². The SMILES string of the molecule is CCOc1ccccc1CCCNC(=O)[C@H](CC)Oc1cc(C)cc(C)c1. The van der Waals surface area contributed by atoms with Crippen LogP contribution in [0.1, 0.15) is 43.4 Å². The predicted octanol–water partition coefficient (Wildman–Crippen LogP) is 4.61. The minimum Gasteiger partial charge on any atom is -0.494 e. The standard InChI is InChI=1S/C23H31NO3/c1-5-21(27-20-15-17(3)14-18(4)16-20)23(25)24-13-9-11-19-10-7-8-12-22(19)26-6-2/h7-8,10,12,14-16,21H,5-6,9,11,13H2,1-4H3,(H,24,25)/t21-/m0/s1. The molecule has 0 bridgehead atoms. The lowest BCUT2D eigenvalue weighted by Gasteiger charge is -2.18. The van der Waals surface area contributed by atoms with Gasteiger partial charge >= 0.3 is 0 Å². The van der Waals surface area contributed by atoms with Crippen LogP contribution in [0.4, 0.5) is 0 Å². The van der Waals surface area contributed by atoms with Crippen LogP contribution >= 0.6 is 0 Å². The molecule has 1 amide bonds. The van der Waals surface area contributed by atoms with Gasteiger partial charge in [0.2, 0.25) is 0 Å². The minimum absolute atomic E-state index is 0.0604. The van der Waals surface area contributed by atoms with Gasteiger partial charge in [-0.3, -0.25) is 4.79 Å². The van der Waals surface area contributed by atoms with E-state index in [0.717, 1.165) is 35.5 Å². The molecule has 0 aliphatic carbocycles. The van der Waals surface area contributed by atoms with Crippen molar-refractivity contribution in [1.82, 2.24) is 5.32 Å². The molecule has 0 unspecified atom stereocenters. The molecule has 2 rings (SSSR count). The van der Waals surface area contributed by atoms with Gasteiger partial charge in [0, 0.05) is 6.54 Å². The fourth-order valence-corrected chi connectivity index (χ4v) is 3.10. The monoisotopic (exact) mass is 369 g/mol. The summed E-state index contributed by atoms with van der Waals surface area (Å²) >= 11 is 0. The number of ether oxygens (including phenoxy) is 2. The first-order valence-electron chi connectivity index (χ1n) is 9.76. The lowest BCUT2D eigenvalue weighted by Crippen LogP contribution is -2.38. The second-order valence-corrected chi connectivity index (χ2v) is 6.77. The summed E-state index contributed by atoms with van der Waals surface area (Å²) < 4.78 is 11.6. The fourth-order valence-electron chi connectivity index (χ4n) is 3.10. The zero-order valence-electron chi connectivity index (χ0n) is 16.9. The summed E-state index contributed by atoms with van der Waals surface area (Å²) in [6.07, 6.45) is 1.88. The zero-order chi connectivity index (χ0) is 19.6. The molecule has 4 nitrogen and oxygen atoms in total. The van der Waals surface area contributed by atoms with Gasteiger partial charge < -0.3 is 14.8 Å². The second kappa shape index (κ2) is 10.6. The molecule has 0 aliphatic heterocycles. The van der Waals surface area contributed by atoms with Crippen LogP contribution in [0.25, 0.3) is 0 Å². The van der Waals surface area contributed by atoms with Crippen LogP contribution in [-0.4, -0.2) is 25.2 Å². The molecule has 0 radical (unpaired) electrons. The molecule has 2 aromatic carbocycles. The summed E-state index contributed by atoms with van der Waals surface area (Å²) in [7, 11) is 0.